The molecule has 1 N–H and O–H groups in total. The van der Waals surface area contributed by atoms with E-state index < -0.39 is 5.97 Å². The van der Waals surface area contributed by atoms with Gasteiger partial charge in [0.15, 0.2) is 11.7 Å². The number of carbonyl (C=O) groups is 2. The minimum atomic E-state index is -1.01. The van der Waals surface area contributed by atoms with Crippen molar-refractivity contribution in [3.05, 3.63) is 41.9 Å². The Morgan fingerprint density at radius 2 is 1.93 bits per heavy atom. The molecule has 1 fully saturated rings. The van der Waals surface area contributed by atoms with Crippen LogP contribution in [0.2, 0.25) is 0 Å². The molecule has 0 atom stereocenters. The number of carboxylic acids is 1. The second-order valence-corrected chi connectivity index (χ2v) is 6.65. The molecule has 7 nitrogen and oxygen atoms in total. The summed E-state index contributed by atoms with van der Waals surface area (Å²) < 4.78 is 11.2. The molecule has 0 aliphatic carbocycles. The third-order valence-corrected chi connectivity index (χ3v) is 4.69. The Kier molecular flexibility index (Phi) is 6.24. The van der Waals surface area contributed by atoms with Crippen molar-refractivity contribution in [2.45, 2.75) is 38.6 Å². The highest BCUT2D eigenvalue weighted by Crippen LogP contribution is 2.25. The SMILES string of the molecule is Cc1nc(CCC(=O)N(CC(=O)O)C2CCOCC2)oc1-c1ccccc1. The van der Waals surface area contributed by atoms with E-state index in [0.717, 1.165) is 11.3 Å². The van der Waals surface area contributed by atoms with Crippen molar-refractivity contribution in [3.63, 3.8) is 0 Å². The fourth-order valence-corrected chi connectivity index (χ4v) is 3.34. The summed E-state index contributed by atoms with van der Waals surface area (Å²) in [6, 6.07) is 9.59. The van der Waals surface area contributed by atoms with Gasteiger partial charge in [-0.2, -0.15) is 0 Å². The molecule has 3 rings (SSSR count). The number of hydrogen-bond acceptors (Lipinski definition) is 5. The highest BCUT2D eigenvalue weighted by Gasteiger charge is 2.27. The molecular weight excluding hydrogens is 348 g/mol. The summed E-state index contributed by atoms with van der Waals surface area (Å²) in [5, 5.41) is 9.16. The molecule has 144 valence electrons. The maximum atomic E-state index is 12.7. The summed E-state index contributed by atoms with van der Waals surface area (Å²) >= 11 is 0. The maximum absolute atomic E-state index is 12.7. The maximum Gasteiger partial charge on any atom is 0.323 e. The van der Waals surface area contributed by atoms with Gasteiger partial charge in [-0.25, -0.2) is 4.98 Å². The summed E-state index contributed by atoms with van der Waals surface area (Å²) in [5.74, 6) is -0.0126. The number of aromatic nitrogens is 1. The first kappa shape index (κ1) is 19.1. The normalized spacial score (nSPS) is 14.9. The minimum absolute atomic E-state index is 0.0893. The van der Waals surface area contributed by atoms with E-state index >= 15 is 0 Å². The summed E-state index contributed by atoms with van der Waals surface area (Å²) in [6.45, 7) is 2.68. The number of nitrogens with zero attached hydrogens (tertiary/aromatic N) is 2. The fourth-order valence-electron chi connectivity index (χ4n) is 3.34. The Morgan fingerprint density at radius 3 is 2.59 bits per heavy atom. The molecule has 1 aliphatic heterocycles. The van der Waals surface area contributed by atoms with E-state index in [-0.39, 0.29) is 24.9 Å². The molecule has 0 saturated carbocycles. The molecule has 1 saturated heterocycles. The lowest BCUT2D eigenvalue weighted by atomic mass is 10.1. The van der Waals surface area contributed by atoms with Crippen LogP contribution in [-0.4, -0.2) is 52.7 Å². The van der Waals surface area contributed by atoms with Gasteiger partial charge in [-0.3, -0.25) is 9.59 Å². The van der Waals surface area contributed by atoms with Crippen LogP contribution in [0.1, 0.15) is 30.8 Å². The first-order valence-electron chi connectivity index (χ1n) is 9.15. The smallest absolute Gasteiger partial charge is 0.323 e. The van der Waals surface area contributed by atoms with E-state index in [1.807, 2.05) is 37.3 Å². The molecule has 1 aliphatic rings. The Morgan fingerprint density at radius 1 is 1.22 bits per heavy atom. The quantitative estimate of drug-likeness (QED) is 0.803. The first-order valence-corrected chi connectivity index (χ1v) is 9.15. The van der Waals surface area contributed by atoms with E-state index in [9.17, 15) is 9.59 Å². The molecule has 0 bridgehead atoms. The summed E-state index contributed by atoms with van der Waals surface area (Å²) in [6.07, 6.45) is 1.83. The fraction of sp³-hybridized carbons (Fsp3) is 0.450. The number of hydrogen-bond donors (Lipinski definition) is 1. The number of benzene rings is 1. The lowest BCUT2D eigenvalue weighted by molar-refractivity contribution is -0.147. The largest absolute Gasteiger partial charge is 0.480 e. The molecule has 0 unspecified atom stereocenters. The molecule has 1 aromatic carbocycles. The van der Waals surface area contributed by atoms with Crippen LogP contribution in [0.15, 0.2) is 34.7 Å². The van der Waals surface area contributed by atoms with Crippen LogP contribution in [-0.2, 0) is 20.7 Å². The molecule has 7 heteroatoms. The molecule has 1 amide bonds. The van der Waals surface area contributed by atoms with Gasteiger partial charge in [0.05, 0.1) is 5.69 Å². The van der Waals surface area contributed by atoms with Gasteiger partial charge in [0, 0.05) is 37.7 Å². The van der Waals surface area contributed by atoms with E-state index in [2.05, 4.69) is 4.98 Å². The highest BCUT2D eigenvalue weighted by atomic mass is 16.5. The topological polar surface area (TPSA) is 92.9 Å². The first-order chi connectivity index (χ1) is 13.0. The van der Waals surface area contributed by atoms with Crippen molar-refractivity contribution in [2.75, 3.05) is 19.8 Å². The zero-order valence-electron chi connectivity index (χ0n) is 15.4. The van der Waals surface area contributed by atoms with Crippen molar-refractivity contribution in [2.24, 2.45) is 0 Å². The number of ether oxygens (including phenoxy) is 1. The van der Waals surface area contributed by atoms with Gasteiger partial charge in [-0.05, 0) is 19.8 Å². The molecule has 2 heterocycles. The van der Waals surface area contributed by atoms with Crippen molar-refractivity contribution in [3.8, 4) is 11.3 Å². The minimum Gasteiger partial charge on any atom is -0.480 e. The highest BCUT2D eigenvalue weighted by molar-refractivity contribution is 5.81. The standard InChI is InChI=1S/C20H24N2O5/c1-14-20(15-5-3-2-4-6-15)27-17(21-14)7-8-18(23)22(13-19(24)25)16-9-11-26-12-10-16/h2-6,16H,7-13H2,1H3,(H,24,25). The van der Waals surface area contributed by atoms with Gasteiger partial charge in [-0.15, -0.1) is 0 Å². The van der Waals surface area contributed by atoms with Crippen LogP contribution in [0.3, 0.4) is 0 Å². The third-order valence-electron chi connectivity index (χ3n) is 4.69. The van der Waals surface area contributed by atoms with Gasteiger partial charge in [0.25, 0.3) is 0 Å². The summed E-state index contributed by atoms with van der Waals surface area (Å²) in [4.78, 5) is 29.7. The number of aliphatic carboxylic acids is 1. The second kappa shape index (κ2) is 8.81. The van der Waals surface area contributed by atoms with Gasteiger partial charge in [-0.1, -0.05) is 30.3 Å². The molecule has 0 radical (unpaired) electrons. The molecule has 1 aromatic heterocycles. The van der Waals surface area contributed by atoms with Gasteiger partial charge >= 0.3 is 5.97 Å². The molecule has 0 spiro atoms. The van der Waals surface area contributed by atoms with Crippen LogP contribution < -0.4 is 0 Å². The van der Waals surface area contributed by atoms with Crippen LogP contribution in [0.25, 0.3) is 11.3 Å². The third kappa shape index (κ3) is 4.95. The lowest BCUT2D eigenvalue weighted by Crippen LogP contribution is -2.46. The van der Waals surface area contributed by atoms with Crippen molar-refractivity contribution in [1.82, 2.24) is 9.88 Å². The van der Waals surface area contributed by atoms with Crippen molar-refractivity contribution in [1.29, 1.82) is 0 Å². The van der Waals surface area contributed by atoms with Crippen molar-refractivity contribution < 1.29 is 23.8 Å². The number of carbonyl (C=O) groups excluding carboxylic acids is 1. The predicted molar refractivity (Wildman–Crippen MR) is 98.2 cm³/mol. The van der Waals surface area contributed by atoms with Gasteiger partial charge < -0.3 is 19.2 Å². The number of rotatable bonds is 7. The molecule has 2 aromatic rings. The lowest BCUT2D eigenvalue weighted by Gasteiger charge is -2.33. The Bertz CT molecular complexity index is 781. The second-order valence-electron chi connectivity index (χ2n) is 6.65. The Hall–Kier alpha value is -2.67. The number of amides is 1. The molecule has 27 heavy (non-hydrogen) atoms. The molecular formula is C20H24N2O5. The van der Waals surface area contributed by atoms with Crippen LogP contribution >= 0.6 is 0 Å². The number of carboxylic acid groups (broad SMARTS) is 1. The predicted octanol–water partition coefficient (Wildman–Crippen LogP) is 2.67. The van der Waals surface area contributed by atoms with Crippen LogP contribution in [0.5, 0.6) is 0 Å². The zero-order valence-corrected chi connectivity index (χ0v) is 15.4. The average molecular weight is 372 g/mol. The average Bonchev–Trinajstić information content (AvgIpc) is 3.06. The van der Waals surface area contributed by atoms with E-state index in [1.165, 1.54) is 4.90 Å². The summed E-state index contributed by atoms with van der Waals surface area (Å²) in [7, 11) is 0. The van der Waals surface area contributed by atoms with Gasteiger partial charge in [0.2, 0.25) is 5.91 Å². The van der Waals surface area contributed by atoms with E-state index in [0.29, 0.717) is 44.1 Å². The number of aryl methyl sites for hydroxylation is 2. The van der Waals surface area contributed by atoms with Gasteiger partial charge in [0.1, 0.15) is 6.54 Å². The Labute approximate surface area is 158 Å². The Balaban J connectivity index is 1.65. The van der Waals surface area contributed by atoms with Crippen LogP contribution in [0, 0.1) is 6.92 Å². The van der Waals surface area contributed by atoms with E-state index in [1.54, 1.807) is 0 Å². The summed E-state index contributed by atoms with van der Waals surface area (Å²) in [5.41, 5.74) is 1.71. The monoisotopic (exact) mass is 372 g/mol. The van der Waals surface area contributed by atoms with Crippen LogP contribution in [0.4, 0.5) is 0 Å². The number of oxazole rings is 1. The van der Waals surface area contributed by atoms with E-state index in [4.69, 9.17) is 14.3 Å². The van der Waals surface area contributed by atoms with Crippen molar-refractivity contribution >= 4 is 11.9 Å². The zero-order chi connectivity index (χ0) is 19.2.